The number of piperidine rings is 1. The van der Waals surface area contributed by atoms with E-state index in [4.69, 9.17) is 9.47 Å². The molecule has 21 heavy (non-hydrogen) atoms. The van der Waals surface area contributed by atoms with Crippen LogP contribution in [0.15, 0.2) is 30.3 Å². The van der Waals surface area contributed by atoms with Crippen LogP contribution in [0.1, 0.15) is 31.4 Å². The molecule has 5 heteroatoms. The van der Waals surface area contributed by atoms with Gasteiger partial charge >= 0.3 is 11.9 Å². The van der Waals surface area contributed by atoms with Gasteiger partial charge in [0.1, 0.15) is 6.10 Å². The summed E-state index contributed by atoms with van der Waals surface area (Å²) in [6.45, 7) is 3.02. The molecule has 0 aromatic heterocycles. The van der Waals surface area contributed by atoms with E-state index in [0.29, 0.717) is 12.1 Å². The molecule has 0 spiro atoms. The minimum Gasteiger partial charge on any atom is -0.458 e. The lowest BCUT2D eigenvalue weighted by Crippen LogP contribution is -2.39. The predicted molar refractivity (Wildman–Crippen MR) is 77.6 cm³/mol. The largest absolute Gasteiger partial charge is 0.458 e. The van der Waals surface area contributed by atoms with E-state index in [2.05, 4.69) is 4.90 Å². The molecular weight excluding hydrogens is 270 g/mol. The second-order valence-corrected chi connectivity index (χ2v) is 5.36. The van der Waals surface area contributed by atoms with E-state index in [9.17, 15) is 9.59 Å². The highest BCUT2D eigenvalue weighted by atomic mass is 16.6. The fourth-order valence-corrected chi connectivity index (χ4v) is 2.49. The van der Waals surface area contributed by atoms with Gasteiger partial charge in [0.25, 0.3) is 0 Å². The van der Waals surface area contributed by atoms with Crippen molar-refractivity contribution < 1.29 is 19.1 Å². The molecule has 1 fully saturated rings. The highest BCUT2D eigenvalue weighted by Crippen LogP contribution is 2.22. The van der Waals surface area contributed by atoms with Crippen LogP contribution in [0.5, 0.6) is 0 Å². The Morgan fingerprint density at radius 2 is 2.00 bits per heavy atom. The molecule has 1 aliphatic rings. The van der Waals surface area contributed by atoms with Crippen molar-refractivity contribution in [3.63, 3.8) is 0 Å². The number of esters is 2. The fourth-order valence-electron chi connectivity index (χ4n) is 2.49. The molecular formula is C16H21NO4. The number of ether oxygens (including phenoxy) is 2. The summed E-state index contributed by atoms with van der Waals surface area (Å²) < 4.78 is 10.7. The normalized spacial score (nSPS) is 20.6. The second kappa shape index (κ2) is 7.22. The van der Waals surface area contributed by atoms with Crippen LogP contribution in [0.3, 0.4) is 0 Å². The van der Waals surface area contributed by atoms with Crippen molar-refractivity contribution >= 4 is 11.9 Å². The SMILES string of the molecule is CC(=O)OC(C(=O)OC1CCCN(C)C1)c1ccccc1. The van der Waals surface area contributed by atoms with Gasteiger partial charge in [-0.25, -0.2) is 4.79 Å². The molecule has 0 amide bonds. The lowest BCUT2D eigenvalue weighted by atomic mass is 10.1. The highest BCUT2D eigenvalue weighted by Gasteiger charge is 2.29. The zero-order valence-electron chi connectivity index (χ0n) is 12.5. The molecule has 0 bridgehead atoms. The van der Waals surface area contributed by atoms with E-state index in [0.717, 1.165) is 19.4 Å². The van der Waals surface area contributed by atoms with Crippen LogP contribution in [0.25, 0.3) is 0 Å². The van der Waals surface area contributed by atoms with Gasteiger partial charge in [-0.05, 0) is 26.4 Å². The predicted octanol–water partition coefficient (Wildman–Crippen LogP) is 1.93. The fraction of sp³-hybridized carbons (Fsp3) is 0.500. The maximum absolute atomic E-state index is 12.3. The first-order valence-electron chi connectivity index (χ1n) is 7.17. The zero-order chi connectivity index (χ0) is 15.2. The van der Waals surface area contributed by atoms with Crippen LogP contribution in [-0.2, 0) is 19.1 Å². The molecule has 1 aliphatic heterocycles. The van der Waals surface area contributed by atoms with Gasteiger partial charge < -0.3 is 14.4 Å². The van der Waals surface area contributed by atoms with E-state index in [1.165, 1.54) is 6.92 Å². The van der Waals surface area contributed by atoms with Crippen molar-refractivity contribution in [3.8, 4) is 0 Å². The third-order valence-corrected chi connectivity index (χ3v) is 3.46. The van der Waals surface area contributed by atoms with Gasteiger partial charge in [0.15, 0.2) is 0 Å². The summed E-state index contributed by atoms with van der Waals surface area (Å²) in [5.74, 6) is -1.00. The number of hydrogen-bond acceptors (Lipinski definition) is 5. The topological polar surface area (TPSA) is 55.8 Å². The molecule has 0 aliphatic carbocycles. The standard InChI is InChI=1S/C16H21NO4/c1-12(18)20-15(13-7-4-3-5-8-13)16(19)21-14-9-6-10-17(2)11-14/h3-5,7-8,14-15H,6,9-11H2,1-2H3. The highest BCUT2D eigenvalue weighted by molar-refractivity contribution is 5.80. The Labute approximate surface area is 124 Å². The molecule has 1 aromatic rings. The first-order valence-corrected chi connectivity index (χ1v) is 7.17. The Kier molecular flexibility index (Phi) is 5.33. The van der Waals surface area contributed by atoms with Crippen LogP contribution in [0.4, 0.5) is 0 Å². The maximum Gasteiger partial charge on any atom is 0.352 e. The Morgan fingerprint density at radius 3 is 2.62 bits per heavy atom. The summed E-state index contributed by atoms with van der Waals surface area (Å²) in [5, 5.41) is 0. The number of hydrogen-bond donors (Lipinski definition) is 0. The first-order chi connectivity index (χ1) is 10.1. The molecule has 114 valence electrons. The van der Waals surface area contributed by atoms with Crippen molar-refractivity contribution in [2.45, 2.75) is 32.0 Å². The van der Waals surface area contributed by atoms with Crippen molar-refractivity contribution in [1.29, 1.82) is 0 Å². The molecule has 1 heterocycles. The molecule has 1 aromatic carbocycles. The van der Waals surface area contributed by atoms with Gasteiger partial charge in [-0.2, -0.15) is 0 Å². The number of likely N-dealkylation sites (tertiary alicyclic amines) is 1. The van der Waals surface area contributed by atoms with Crippen LogP contribution in [0.2, 0.25) is 0 Å². The Balaban J connectivity index is 2.05. The summed E-state index contributed by atoms with van der Waals surface area (Å²) in [7, 11) is 2.00. The lowest BCUT2D eigenvalue weighted by molar-refractivity contribution is -0.172. The van der Waals surface area contributed by atoms with Crippen LogP contribution in [-0.4, -0.2) is 43.1 Å². The minimum atomic E-state index is -0.990. The van der Waals surface area contributed by atoms with Crippen LogP contribution >= 0.6 is 0 Å². The number of nitrogens with zero attached hydrogens (tertiary/aromatic N) is 1. The Hall–Kier alpha value is -1.88. The molecule has 0 N–H and O–H groups in total. The molecule has 2 atom stereocenters. The molecule has 2 unspecified atom stereocenters. The second-order valence-electron chi connectivity index (χ2n) is 5.36. The summed E-state index contributed by atoms with van der Waals surface area (Å²) in [4.78, 5) is 25.7. The average molecular weight is 291 g/mol. The number of carbonyl (C=O) groups excluding carboxylic acids is 2. The molecule has 0 saturated carbocycles. The third-order valence-electron chi connectivity index (χ3n) is 3.46. The number of rotatable bonds is 4. The molecule has 5 nitrogen and oxygen atoms in total. The van der Waals surface area contributed by atoms with Gasteiger partial charge in [0, 0.05) is 19.0 Å². The van der Waals surface area contributed by atoms with Gasteiger partial charge in [0.2, 0.25) is 6.10 Å². The summed E-state index contributed by atoms with van der Waals surface area (Å²) in [6, 6.07) is 8.94. The number of carbonyl (C=O) groups is 2. The zero-order valence-corrected chi connectivity index (χ0v) is 12.5. The van der Waals surface area contributed by atoms with Gasteiger partial charge in [-0.3, -0.25) is 4.79 Å². The number of likely N-dealkylation sites (N-methyl/N-ethyl adjacent to an activating group) is 1. The monoisotopic (exact) mass is 291 g/mol. The molecule has 2 rings (SSSR count). The van der Waals surface area contributed by atoms with E-state index in [1.54, 1.807) is 24.3 Å². The van der Waals surface area contributed by atoms with Crippen LogP contribution in [0, 0.1) is 0 Å². The van der Waals surface area contributed by atoms with Crippen molar-refractivity contribution in [2.75, 3.05) is 20.1 Å². The summed E-state index contributed by atoms with van der Waals surface area (Å²) >= 11 is 0. The van der Waals surface area contributed by atoms with E-state index < -0.39 is 18.0 Å². The Morgan fingerprint density at radius 1 is 1.29 bits per heavy atom. The average Bonchev–Trinajstić information content (AvgIpc) is 2.45. The van der Waals surface area contributed by atoms with Crippen molar-refractivity contribution in [1.82, 2.24) is 4.90 Å². The van der Waals surface area contributed by atoms with E-state index >= 15 is 0 Å². The third kappa shape index (κ3) is 4.56. The van der Waals surface area contributed by atoms with Gasteiger partial charge in [0.05, 0.1) is 0 Å². The van der Waals surface area contributed by atoms with Gasteiger partial charge in [-0.1, -0.05) is 30.3 Å². The summed E-state index contributed by atoms with van der Waals surface area (Å²) in [5.41, 5.74) is 0.627. The quantitative estimate of drug-likeness (QED) is 0.793. The van der Waals surface area contributed by atoms with Crippen LogP contribution < -0.4 is 0 Å². The number of benzene rings is 1. The maximum atomic E-state index is 12.3. The van der Waals surface area contributed by atoms with Crippen molar-refractivity contribution in [2.24, 2.45) is 0 Å². The molecule has 1 saturated heterocycles. The van der Waals surface area contributed by atoms with E-state index in [-0.39, 0.29) is 6.10 Å². The van der Waals surface area contributed by atoms with Crippen molar-refractivity contribution in [3.05, 3.63) is 35.9 Å². The lowest BCUT2D eigenvalue weighted by Gasteiger charge is -2.30. The minimum absolute atomic E-state index is 0.141. The first kappa shape index (κ1) is 15.5. The van der Waals surface area contributed by atoms with Gasteiger partial charge in [-0.15, -0.1) is 0 Å². The summed E-state index contributed by atoms with van der Waals surface area (Å²) in [6.07, 6.45) is 0.712. The molecule has 0 radical (unpaired) electrons. The Bertz CT molecular complexity index is 488. The smallest absolute Gasteiger partial charge is 0.352 e. The van der Waals surface area contributed by atoms with E-state index in [1.807, 2.05) is 13.1 Å².